The average molecular weight is 567 g/mol. The van der Waals surface area contributed by atoms with Crippen LogP contribution in [0.4, 0.5) is 0 Å². The van der Waals surface area contributed by atoms with Crippen molar-refractivity contribution in [3.8, 4) is 11.5 Å². The molecule has 6 nitrogen and oxygen atoms in total. The predicted molar refractivity (Wildman–Crippen MR) is 170 cm³/mol. The summed E-state index contributed by atoms with van der Waals surface area (Å²) < 4.78 is 0. The van der Waals surface area contributed by atoms with Crippen LogP contribution < -0.4 is 10.6 Å². The maximum atomic E-state index is 13.0. The summed E-state index contributed by atoms with van der Waals surface area (Å²) in [7, 11) is 0. The molecule has 0 bridgehead atoms. The Morgan fingerprint density at radius 3 is 1.12 bits per heavy atom. The fourth-order valence-corrected chi connectivity index (χ4v) is 4.65. The summed E-state index contributed by atoms with van der Waals surface area (Å²) in [5.41, 5.74) is 3.23. The number of carbonyl (C=O) groups excluding carboxylic acids is 2. The predicted octanol–water partition coefficient (Wildman–Crippen LogP) is 7.62. The number of rotatable bonds is 8. The zero-order valence-corrected chi connectivity index (χ0v) is 27.6. The van der Waals surface area contributed by atoms with Gasteiger partial charge in [0.25, 0.3) is 11.8 Å². The number of benzene rings is 2. The van der Waals surface area contributed by atoms with Crippen molar-refractivity contribution in [2.75, 3.05) is 13.1 Å². The van der Waals surface area contributed by atoms with Crippen LogP contribution in [0.25, 0.3) is 0 Å². The number of hydrogen-bond acceptors (Lipinski definition) is 4. The van der Waals surface area contributed by atoms with Gasteiger partial charge in [0.2, 0.25) is 0 Å². The molecule has 6 heteroatoms. The zero-order chi connectivity index (χ0) is 31.6. The molecule has 0 aromatic heterocycles. The van der Waals surface area contributed by atoms with E-state index in [1.165, 1.54) is 0 Å². The Kier molecular flexibility index (Phi) is 10.4. The van der Waals surface area contributed by atoms with Crippen LogP contribution in [0.3, 0.4) is 0 Å². The molecule has 2 rings (SSSR count). The number of amides is 2. The lowest BCUT2D eigenvalue weighted by Gasteiger charge is -2.27. The van der Waals surface area contributed by atoms with Gasteiger partial charge in [-0.2, -0.15) is 0 Å². The summed E-state index contributed by atoms with van der Waals surface area (Å²) in [5, 5.41) is 27.8. The van der Waals surface area contributed by atoms with E-state index in [1.54, 1.807) is 12.1 Å². The Hall–Kier alpha value is -3.02. The van der Waals surface area contributed by atoms with Crippen molar-refractivity contribution in [2.45, 2.75) is 124 Å². The fourth-order valence-electron chi connectivity index (χ4n) is 4.65. The first-order valence-electron chi connectivity index (χ1n) is 14.9. The highest BCUT2D eigenvalue weighted by molar-refractivity contribution is 5.98. The van der Waals surface area contributed by atoms with Gasteiger partial charge >= 0.3 is 0 Å². The molecule has 228 valence electrons. The summed E-state index contributed by atoms with van der Waals surface area (Å²) in [6.45, 7) is 25.7. The summed E-state index contributed by atoms with van der Waals surface area (Å²) in [5.74, 6) is -0.481. The molecule has 2 aromatic carbocycles. The van der Waals surface area contributed by atoms with Gasteiger partial charge in [-0.25, -0.2) is 0 Å². The maximum Gasteiger partial charge on any atom is 0.255 e. The number of aromatic hydroxyl groups is 2. The molecule has 0 unspecified atom stereocenters. The largest absolute Gasteiger partial charge is 0.507 e. The quantitative estimate of drug-likeness (QED) is 0.247. The van der Waals surface area contributed by atoms with Crippen LogP contribution in [0.2, 0.25) is 0 Å². The van der Waals surface area contributed by atoms with E-state index >= 15 is 0 Å². The van der Waals surface area contributed by atoms with E-state index in [4.69, 9.17) is 0 Å². The summed E-state index contributed by atoms with van der Waals surface area (Å²) in [6.07, 6.45) is 2.29. The van der Waals surface area contributed by atoms with Gasteiger partial charge in [0.15, 0.2) is 0 Å². The monoisotopic (exact) mass is 566 g/mol. The Bertz CT molecular complexity index is 1150. The Morgan fingerprint density at radius 1 is 0.537 bits per heavy atom. The van der Waals surface area contributed by atoms with Crippen LogP contribution >= 0.6 is 0 Å². The van der Waals surface area contributed by atoms with Crippen LogP contribution in [0.5, 0.6) is 11.5 Å². The number of unbranched alkanes of at least 4 members (excludes halogenated alkanes) is 2. The van der Waals surface area contributed by atoms with Crippen molar-refractivity contribution in [3.05, 3.63) is 57.6 Å². The van der Waals surface area contributed by atoms with Gasteiger partial charge in [-0.15, -0.1) is 0 Å². The van der Waals surface area contributed by atoms with Crippen molar-refractivity contribution >= 4 is 11.8 Å². The second kappa shape index (κ2) is 12.5. The van der Waals surface area contributed by atoms with Gasteiger partial charge in [0.05, 0.1) is 11.1 Å². The van der Waals surface area contributed by atoms with E-state index in [1.807, 2.05) is 53.7 Å². The Morgan fingerprint density at radius 2 is 0.854 bits per heavy atom. The third-order valence-electron chi connectivity index (χ3n) is 7.48. The van der Waals surface area contributed by atoms with Crippen LogP contribution in [0, 0.1) is 0 Å². The number of carbonyl (C=O) groups is 2. The van der Waals surface area contributed by atoms with Crippen LogP contribution in [-0.4, -0.2) is 35.1 Å². The first kappa shape index (κ1) is 34.2. The standard InChI is InChI=1S/C35H54N2O4/c1-32(2,3)22-18-24(28(38)26(20-22)34(7,8)9)30(40)36-16-14-13-15-17-37-31(41)25-19-23(33(4,5)6)21-27(29(25)39)35(10,11)12/h18-21,38-39H,13-17H2,1-12H3,(H,36,40)(H,37,41). The Labute approximate surface area is 248 Å². The van der Waals surface area contributed by atoms with Crippen molar-refractivity contribution in [2.24, 2.45) is 0 Å². The lowest BCUT2D eigenvalue weighted by Crippen LogP contribution is -2.28. The minimum absolute atomic E-state index is 0.0408. The van der Waals surface area contributed by atoms with E-state index in [0.29, 0.717) is 24.2 Å². The van der Waals surface area contributed by atoms with E-state index in [0.717, 1.165) is 41.5 Å². The van der Waals surface area contributed by atoms with Crippen molar-refractivity contribution < 1.29 is 19.8 Å². The van der Waals surface area contributed by atoms with Crippen molar-refractivity contribution in [3.63, 3.8) is 0 Å². The molecule has 0 spiro atoms. The normalized spacial score (nSPS) is 12.8. The van der Waals surface area contributed by atoms with Gasteiger partial charge in [0.1, 0.15) is 11.5 Å². The smallest absolute Gasteiger partial charge is 0.255 e. The zero-order valence-electron chi connectivity index (χ0n) is 27.6. The topological polar surface area (TPSA) is 98.7 Å². The fraction of sp³-hybridized carbons (Fsp3) is 0.600. The van der Waals surface area contributed by atoms with Crippen molar-refractivity contribution in [1.82, 2.24) is 10.6 Å². The molecule has 0 saturated carbocycles. The molecule has 0 saturated heterocycles. The average Bonchev–Trinajstić information content (AvgIpc) is 2.80. The molecule has 4 N–H and O–H groups in total. The van der Waals surface area contributed by atoms with E-state index in [-0.39, 0.29) is 45.0 Å². The first-order chi connectivity index (χ1) is 18.5. The summed E-state index contributed by atoms with van der Waals surface area (Å²) in [6, 6.07) is 7.60. The molecule has 0 atom stereocenters. The Balaban J connectivity index is 1.98. The molecule has 0 aliphatic rings. The number of phenolic OH excluding ortho intramolecular Hbond substituents is 2. The molecule has 2 amide bonds. The van der Waals surface area contributed by atoms with Gasteiger partial charge in [-0.1, -0.05) is 95.2 Å². The highest BCUT2D eigenvalue weighted by Gasteiger charge is 2.28. The molecule has 0 fully saturated rings. The number of hydrogen-bond donors (Lipinski definition) is 4. The maximum absolute atomic E-state index is 13.0. The third kappa shape index (κ3) is 8.98. The molecular weight excluding hydrogens is 512 g/mol. The van der Waals surface area contributed by atoms with Crippen LogP contribution in [0.15, 0.2) is 24.3 Å². The van der Waals surface area contributed by atoms with E-state index in [9.17, 15) is 19.8 Å². The van der Waals surface area contributed by atoms with Gasteiger partial charge in [-0.05, 0) is 64.2 Å². The minimum atomic E-state index is -0.302. The lowest BCUT2D eigenvalue weighted by atomic mass is 9.79. The molecule has 41 heavy (non-hydrogen) atoms. The molecule has 0 radical (unpaired) electrons. The molecular formula is C35H54N2O4. The number of nitrogens with one attached hydrogen (secondary N) is 2. The first-order valence-corrected chi connectivity index (χ1v) is 14.9. The highest BCUT2D eigenvalue weighted by Crippen LogP contribution is 2.39. The SMILES string of the molecule is CC(C)(C)c1cc(C(=O)NCCCCCNC(=O)c2cc(C(C)(C)C)cc(C(C)(C)C)c2O)c(O)c(C(C)(C)C)c1. The second-order valence-electron chi connectivity index (χ2n) is 15.4. The van der Waals surface area contributed by atoms with Crippen LogP contribution in [-0.2, 0) is 21.7 Å². The summed E-state index contributed by atoms with van der Waals surface area (Å²) >= 11 is 0. The molecule has 0 heterocycles. The van der Waals surface area contributed by atoms with Crippen LogP contribution in [0.1, 0.15) is 145 Å². The lowest BCUT2D eigenvalue weighted by molar-refractivity contribution is 0.0944. The van der Waals surface area contributed by atoms with Gasteiger partial charge in [0, 0.05) is 24.2 Å². The summed E-state index contributed by atoms with van der Waals surface area (Å²) in [4.78, 5) is 26.1. The molecule has 0 aliphatic heterocycles. The van der Waals surface area contributed by atoms with E-state index in [2.05, 4.69) is 52.2 Å². The van der Waals surface area contributed by atoms with Gasteiger partial charge in [-0.3, -0.25) is 9.59 Å². The highest BCUT2D eigenvalue weighted by atomic mass is 16.3. The molecule has 2 aromatic rings. The number of phenols is 2. The van der Waals surface area contributed by atoms with E-state index < -0.39 is 0 Å². The second-order valence-corrected chi connectivity index (χ2v) is 15.4. The van der Waals surface area contributed by atoms with Gasteiger partial charge < -0.3 is 20.8 Å². The van der Waals surface area contributed by atoms with Crippen molar-refractivity contribution in [1.29, 1.82) is 0 Å². The minimum Gasteiger partial charge on any atom is -0.507 e. The molecule has 0 aliphatic carbocycles. The third-order valence-corrected chi connectivity index (χ3v) is 7.48.